The Hall–Kier alpha value is -2.63. The van der Waals surface area contributed by atoms with E-state index in [2.05, 4.69) is 15.0 Å². The van der Waals surface area contributed by atoms with Gasteiger partial charge in [0.15, 0.2) is 0 Å². The molecule has 1 aromatic carbocycles. The van der Waals surface area contributed by atoms with E-state index >= 15 is 0 Å². The summed E-state index contributed by atoms with van der Waals surface area (Å²) in [4.78, 5) is 23.5. The van der Waals surface area contributed by atoms with E-state index in [1.165, 1.54) is 12.5 Å². The minimum atomic E-state index is -1.13. The van der Waals surface area contributed by atoms with E-state index in [4.69, 9.17) is 0 Å². The first-order chi connectivity index (χ1) is 9.00. The minimum absolute atomic E-state index is 0.00829. The van der Waals surface area contributed by atoms with E-state index in [0.29, 0.717) is 16.8 Å². The van der Waals surface area contributed by atoms with Gasteiger partial charge in [0.05, 0.1) is 17.3 Å². The average Bonchev–Trinajstić information content (AvgIpc) is 2.83. The molecular formula is C13H12N2O4. The normalized spacial score (nSPS) is 10.2. The molecule has 0 fully saturated rings. The van der Waals surface area contributed by atoms with Crippen LogP contribution in [0.15, 0.2) is 29.1 Å². The van der Waals surface area contributed by atoms with Crippen LogP contribution in [0, 0.1) is 13.8 Å². The molecule has 2 N–H and O–H groups in total. The zero-order valence-electron chi connectivity index (χ0n) is 10.4. The SMILES string of the molecule is Cc1ccc(C)c(C(=O)Nc2cnoc2)c1C(=O)O. The van der Waals surface area contributed by atoms with E-state index in [9.17, 15) is 14.7 Å². The van der Waals surface area contributed by atoms with Gasteiger partial charge in [-0.1, -0.05) is 17.3 Å². The first-order valence-corrected chi connectivity index (χ1v) is 5.55. The fraction of sp³-hybridized carbons (Fsp3) is 0.154. The van der Waals surface area contributed by atoms with Crippen molar-refractivity contribution in [2.75, 3.05) is 5.32 Å². The number of aromatic nitrogens is 1. The molecule has 1 amide bonds. The van der Waals surface area contributed by atoms with Crippen LogP contribution in [0.3, 0.4) is 0 Å². The van der Waals surface area contributed by atoms with Crippen molar-refractivity contribution in [2.45, 2.75) is 13.8 Å². The molecule has 0 spiro atoms. The number of carboxylic acids is 1. The molecule has 2 aromatic rings. The maximum atomic E-state index is 12.2. The molecule has 2 rings (SSSR count). The number of hydrogen-bond acceptors (Lipinski definition) is 4. The molecule has 19 heavy (non-hydrogen) atoms. The second-order valence-electron chi connectivity index (χ2n) is 4.12. The molecule has 0 bridgehead atoms. The van der Waals surface area contributed by atoms with Gasteiger partial charge in [-0.3, -0.25) is 4.79 Å². The second kappa shape index (κ2) is 4.93. The summed E-state index contributed by atoms with van der Waals surface area (Å²) in [6, 6.07) is 3.39. The van der Waals surface area contributed by atoms with Crippen molar-refractivity contribution in [1.29, 1.82) is 0 Å². The van der Waals surface area contributed by atoms with E-state index in [1.54, 1.807) is 26.0 Å². The third-order valence-corrected chi connectivity index (χ3v) is 2.75. The Morgan fingerprint density at radius 1 is 1.21 bits per heavy atom. The zero-order chi connectivity index (χ0) is 14.0. The quantitative estimate of drug-likeness (QED) is 0.882. The standard InChI is InChI=1S/C13H12N2O4/c1-7-3-4-8(2)11(13(17)18)10(7)12(16)15-9-5-14-19-6-9/h3-6H,1-2H3,(H,15,16)(H,17,18). The summed E-state index contributed by atoms with van der Waals surface area (Å²) in [5.74, 6) is -1.63. The summed E-state index contributed by atoms with van der Waals surface area (Å²) in [7, 11) is 0. The number of rotatable bonds is 3. The highest BCUT2D eigenvalue weighted by molar-refractivity contribution is 6.12. The van der Waals surface area contributed by atoms with Gasteiger partial charge < -0.3 is 14.9 Å². The van der Waals surface area contributed by atoms with Crippen molar-refractivity contribution >= 4 is 17.6 Å². The molecule has 1 aromatic heterocycles. The first-order valence-electron chi connectivity index (χ1n) is 5.55. The lowest BCUT2D eigenvalue weighted by Gasteiger charge is -2.11. The van der Waals surface area contributed by atoms with Gasteiger partial charge >= 0.3 is 5.97 Å². The van der Waals surface area contributed by atoms with Crippen LogP contribution in [0.5, 0.6) is 0 Å². The van der Waals surface area contributed by atoms with Gasteiger partial charge in [0, 0.05) is 0 Å². The minimum Gasteiger partial charge on any atom is -0.478 e. The van der Waals surface area contributed by atoms with Gasteiger partial charge in [-0.2, -0.15) is 0 Å². The van der Waals surface area contributed by atoms with Crippen molar-refractivity contribution in [3.63, 3.8) is 0 Å². The molecule has 98 valence electrons. The van der Waals surface area contributed by atoms with Crippen LogP contribution in [0.25, 0.3) is 0 Å². The summed E-state index contributed by atoms with van der Waals surface area (Å²) >= 11 is 0. The molecule has 0 unspecified atom stereocenters. The second-order valence-corrected chi connectivity index (χ2v) is 4.12. The Morgan fingerprint density at radius 3 is 2.37 bits per heavy atom. The molecular weight excluding hydrogens is 248 g/mol. The molecule has 0 saturated carbocycles. The summed E-state index contributed by atoms with van der Waals surface area (Å²) in [5.41, 5.74) is 1.66. The highest BCUT2D eigenvalue weighted by Crippen LogP contribution is 2.20. The maximum absolute atomic E-state index is 12.2. The fourth-order valence-corrected chi connectivity index (χ4v) is 1.84. The third-order valence-electron chi connectivity index (χ3n) is 2.75. The number of anilines is 1. The topological polar surface area (TPSA) is 92.4 Å². The number of aryl methyl sites for hydroxylation is 2. The van der Waals surface area contributed by atoms with Crippen LogP contribution >= 0.6 is 0 Å². The van der Waals surface area contributed by atoms with Crippen molar-refractivity contribution in [3.8, 4) is 0 Å². The van der Waals surface area contributed by atoms with Crippen molar-refractivity contribution < 1.29 is 19.2 Å². The van der Waals surface area contributed by atoms with Crippen LogP contribution in [-0.2, 0) is 0 Å². The summed E-state index contributed by atoms with van der Waals surface area (Å²) < 4.78 is 4.60. The number of nitrogens with one attached hydrogen (secondary N) is 1. The highest BCUT2D eigenvalue weighted by atomic mass is 16.5. The lowest BCUT2D eigenvalue weighted by molar-refractivity contribution is 0.0691. The van der Waals surface area contributed by atoms with Crippen LogP contribution < -0.4 is 5.32 Å². The van der Waals surface area contributed by atoms with Crippen molar-refractivity contribution in [2.24, 2.45) is 0 Å². The fourth-order valence-electron chi connectivity index (χ4n) is 1.84. The van der Waals surface area contributed by atoms with Gasteiger partial charge in [-0.15, -0.1) is 0 Å². The highest BCUT2D eigenvalue weighted by Gasteiger charge is 2.21. The van der Waals surface area contributed by atoms with Crippen LogP contribution in [0.1, 0.15) is 31.8 Å². The number of benzene rings is 1. The lowest BCUT2D eigenvalue weighted by Crippen LogP contribution is -2.18. The number of amides is 1. The molecule has 0 atom stereocenters. The Kier molecular flexibility index (Phi) is 3.33. The molecule has 0 aliphatic carbocycles. The van der Waals surface area contributed by atoms with Crippen molar-refractivity contribution in [3.05, 3.63) is 46.8 Å². The molecule has 0 saturated heterocycles. The number of carboxylic acid groups (broad SMARTS) is 1. The predicted octanol–water partition coefficient (Wildman–Crippen LogP) is 2.24. The van der Waals surface area contributed by atoms with Crippen LogP contribution in [0.2, 0.25) is 0 Å². The third kappa shape index (κ3) is 2.47. The Labute approximate surface area is 109 Å². The van der Waals surface area contributed by atoms with Gasteiger partial charge in [0.25, 0.3) is 5.91 Å². The van der Waals surface area contributed by atoms with Gasteiger partial charge in [-0.05, 0) is 25.0 Å². The molecule has 6 nitrogen and oxygen atoms in total. The smallest absolute Gasteiger partial charge is 0.336 e. The van der Waals surface area contributed by atoms with Crippen molar-refractivity contribution in [1.82, 2.24) is 5.16 Å². The maximum Gasteiger partial charge on any atom is 0.336 e. The Morgan fingerprint density at radius 2 is 1.84 bits per heavy atom. The number of hydrogen-bond donors (Lipinski definition) is 2. The molecule has 1 heterocycles. The lowest BCUT2D eigenvalue weighted by atomic mass is 9.96. The number of nitrogens with zero attached hydrogens (tertiary/aromatic N) is 1. The Balaban J connectivity index is 2.46. The number of carbonyl (C=O) groups is 2. The molecule has 0 radical (unpaired) electrons. The van der Waals surface area contributed by atoms with Gasteiger partial charge in [-0.25, -0.2) is 4.79 Å². The summed E-state index contributed by atoms with van der Waals surface area (Å²) in [5, 5.41) is 15.2. The first kappa shape index (κ1) is 12.8. The van der Waals surface area contributed by atoms with E-state index < -0.39 is 11.9 Å². The van der Waals surface area contributed by atoms with Crippen LogP contribution in [0.4, 0.5) is 5.69 Å². The van der Waals surface area contributed by atoms with Gasteiger partial charge in [0.1, 0.15) is 12.0 Å². The van der Waals surface area contributed by atoms with Gasteiger partial charge in [0.2, 0.25) is 0 Å². The van der Waals surface area contributed by atoms with Crippen LogP contribution in [-0.4, -0.2) is 22.1 Å². The zero-order valence-corrected chi connectivity index (χ0v) is 10.4. The molecule has 0 aliphatic rings. The van der Waals surface area contributed by atoms with E-state index in [0.717, 1.165) is 0 Å². The number of carbonyl (C=O) groups excluding carboxylic acids is 1. The van der Waals surface area contributed by atoms with E-state index in [-0.39, 0.29) is 11.1 Å². The number of aromatic carboxylic acids is 1. The average molecular weight is 260 g/mol. The summed E-state index contributed by atoms with van der Waals surface area (Å²) in [6.45, 7) is 3.34. The monoisotopic (exact) mass is 260 g/mol. The molecule has 6 heteroatoms. The molecule has 0 aliphatic heterocycles. The summed E-state index contributed by atoms with van der Waals surface area (Å²) in [6.07, 6.45) is 2.60. The predicted molar refractivity (Wildman–Crippen MR) is 67.3 cm³/mol. The largest absolute Gasteiger partial charge is 0.478 e. The van der Waals surface area contributed by atoms with E-state index in [1.807, 2.05) is 0 Å². The Bertz CT molecular complexity index is 632.